The zero-order chi connectivity index (χ0) is 17.8. The van der Waals surface area contributed by atoms with Crippen LogP contribution in [0.5, 0.6) is 0 Å². The van der Waals surface area contributed by atoms with Crippen LogP contribution in [0.2, 0.25) is 0 Å². The summed E-state index contributed by atoms with van der Waals surface area (Å²) in [6, 6.07) is 1.69. The highest BCUT2D eigenvalue weighted by Crippen LogP contribution is 2.28. The van der Waals surface area contributed by atoms with Crippen molar-refractivity contribution < 1.29 is 9.90 Å². The van der Waals surface area contributed by atoms with Crippen molar-refractivity contribution in [1.29, 1.82) is 0 Å². The summed E-state index contributed by atoms with van der Waals surface area (Å²) < 4.78 is 1.85. The molecule has 1 aromatic rings. The molecule has 1 unspecified atom stereocenters. The van der Waals surface area contributed by atoms with E-state index in [1.165, 1.54) is 0 Å². The van der Waals surface area contributed by atoms with Crippen LogP contribution in [-0.4, -0.2) is 33.6 Å². The largest absolute Gasteiger partial charge is 0.396 e. The third-order valence-electron chi connectivity index (χ3n) is 3.53. The number of amides is 2. The minimum atomic E-state index is -0.249. The van der Waals surface area contributed by atoms with Crippen molar-refractivity contribution >= 4 is 11.8 Å². The monoisotopic (exact) mass is 324 g/mol. The third-order valence-corrected chi connectivity index (χ3v) is 3.53. The van der Waals surface area contributed by atoms with Crippen LogP contribution < -0.4 is 10.6 Å². The lowest BCUT2D eigenvalue weighted by Gasteiger charge is -2.23. The summed E-state index contributed by atoms with van der Waals surface area (Å²) in [5.74, 6) is 0.689. The van der Waals surface area contributed by atoms with Gasteiger partial charge in [0.25, 0.3) is 0 Å². The fourth-order valence-electron chi connectivity index (χ4n) is 2.19. The highest BCUT2D eigenvalue weighted by molar-refractivity contribution is 5.88. The summed E-state index contributed by atoms with van der Waals surface area (Å²) in [4.78, 5) is 12.2. The summed E-state index contributed by atoms with van der Waals surface area (Å²) in [5, 5.41) is 19.3. The van der Waals surface area contributed by atoms with E-state index in [0.717, 1.165) is 12.1 Å². The number of aliphatic hydroxyl groups excluding tert-OH is 1. The van der Waals surface area contributed by atoms with Gasteiger partial charge in [-0.15, -0.1) is 0 Å². The van der Waals surface area contributed by atoms with Crippen molar-refractivity contribution in [3.05, 3.63) is 11.8 Å². The Hall–Kier alpha value is -1.56. The van der Waals surface area contributed by atoms with Gasteiger partial charge in [0.2, 0.25) is 0 Å². The lowest BCUT2D eigenvalue weighted by atomic mass is 9.92. The second-order valence-electron chi connectivity index (χ2n) is 8.11. The number of aromatic nitrogens is 2. The minimum absolute atomic E-state index is 0.00949. The molecule has 2 amide bonds. The van der Waals surface area contributed by atoms with Gasteiger partial charge in [0, 0.05) is 24.1 Å². The molecule has 0 radical (unpaired) electrons. The van der Waals surface area contributed by atoms with Crippen LogP contribution in [0.15, 0.2) is 6.07 Å². The van der Waals surface area contributed by atoms with E-state index < -0.39 is 0 Å². The first kappa shape index (κ1) is 19.5. The second kappa shape index (κ2) is 7.34. The fourth-order valence-corrected chi connectivity index (χ4v) is 2.19. The van der Waals surface area contributed by atoms with Crippen LogP contribution >= 0.6 is 0 Å². The van der Waals surface area contributed by atoms with Gasteiger partial charge in [0.15, 0.2) is 0 Å². The molecule has 132 valence electrons. The van der Waals surface area contributed by atoms with Crippen molar-refractivity contribution in [2.45, 2.75) is 78.3 Å². The molecule has 0 aliphatic rings. The smallest absolute Gasteiger partial charge is 0.320 e. The van der Waals surface area contributed by atoms with Gasteiger partial charge in [-0.3, -0.25) is 5.32 Å². The van der Waals surface area contributed by atoms with Crippen LogP contribution in [0.3, 0.4) is 0 Å². The van der Waals surface area contributed by atoms with Crippen LogP contribution in [0.1, 0.15) is 67.0 Å². The number of rotatable bonds is 5. The molecule has 0 aliphatic carbocycles. The van der Waals surface area contributed by atoms with Crippen molar-refractivity contribution in [1.82, 2.24) is 15.1 Å². The lowest BCUT2D eigenvalue weighted by molar-refractivity contribution is 0.244. The zero-order valence-electron chi connectivity index (χ0n) is 15.5. The molecule has 0 spiro atoms. The maximum atomic E-state index is 12.2. The summed E-state index contributed by atoms with van der Waals surface area (Å²) in [7, 11) is 0. The van der Waals surface area contributed by atoms with E-state index in [4.69, 9.17) is 5.11 Å². The number of nitrogens with one attached hydrogen (secondary N) is 2. The molecule has 6 nitrogen and oxygen atoms in total. The molecule has 1 aromatic heterocycles. The number of anilines is 1. The van der Waals surface area contributed by atoms with Gasteiger partial charge < -0.3 is 10.4 Å². The molecular formula is C17H32N4O2. The number of aliphatic hydroxyl groups is 1. The summed E-state index contributed by atoms with van der Waals surface area (Å²) >= 11 is 0. The summed E-state index contributed by atoms with van der Waals surface area (Å²) in [5.41, 5.74) is 0.628. The summed E-state index contributed by atoms with van der Waals surface area (Å²) in [6.45, 7) is 14.5. The molecule has 0 saturated carbocycles. The number of nitrogens with zero attached hydrogens (tertiary/aromatic N) is 2. The average Bonchev–Trinajstić information content (AvgIpc) is 2.79. The fraction of sp³-hybridized carbons (Fsp3) is 0.765. The van der Waals surface area contributed by atoms with Crippen molar-refractivity contribution in [3.8, 4) is 0 Å². The first-order chi connectivity index (χ1) is 10.4. The number of carbonyl (C=O) groups is 1. The maximum absolute atomic E-state index is 12.2. The van der Waals surface area contributed by atoms with Crippen molar-refractivity contribution in [2.24, 2.45) is 0 Å². The average molecular weight is 324 g/mol. The Morgan fingerprint density at radius 2 is 1.91 bits per heavy atom. The van der Waals surface area contributed by atoms with Gasteiger partial charge in [-0.2, -0.15) is 5.10 Å². The molecule has 0 aliphatic heterocycles. The van der Waals surface area contributed by atoms with Gasteiger partial charge in [-0.25, -0.2) is 9.48 Å². The molecular weight excluding hydrogens is 292 g/mol. The van der Waals surface area contributed by atoms with Gasteiger partial charge in [-0.05, 0) is 40.5 Å². The molecule has 0 aromatic carbocycles. The van der Waals surface area contributed by atoms with E-state index in [1.807, 2.05) is 17.7 Å². The van der Waals surface area contributed by atoms with Crippen molar-refractivity contribution in [2.75, 3.05) is 11.9 Å². The van der Waals surface area contributed by atoms with Gasteiger partial charge in [0.05, 0.1) is 11.2 Å². The number of hydrogen-bond donors (Lipinski definition) is 3. The topological polar surface area (TPSA) is 79.2 Å². The van der Waals surface area contributed by atoms with Gasteiger partial charge in [0.1, 0.15) is 5.82 Å². The third kappa shape index (κ3) is 5.86. The molecule has 23 heavy (non-hydrogen) atoms. The van der Waals surface area contributed by atoms with E-state index in [9.17, 15) is 4.79 Å². The highest BCUT2D eigenvalue weighted by Gasteiger charge is 2.25. The number of urea groups is 1. The van der Waals surface area contributed by atoms with Crippen LogP contribution in [0, 0.1) is 0 Å². The van der Waals surface area contributed by atoms with Crippen molar-refractivity contribution in [3.63, 3.8) is 0 Å². The Kier molecular flexibility index (Phi) is 6.22. The first-order valence-corrected chi connectivity index (χ1v) is 8.24. The molecule has 1 atom stereocenters. The molecule has 6 heteroatoms. The van der Waals surface area contributed by atoms with E-state index >= 15 is 0 Å². The Morgan fingerprint density at radius 1 is 1.30 bits per heavy atom. The molecule has 0 bridgehead atoms. The molecule has 0 fully saturated rings. The van der Waals surface area contributed by atoms with Gasteiger partial charge in [-0.1, -0.05) is 20.8 Å². The Balaban J connectivity index is 2.90. The molecule has 3 N–H and O–H groups in total. The number of carbonyl (C=O) groups excluding carboxylic acids is 1. The zero-order valence-corrected chi connectivity index (χ0v) is 15.5. The van der Waals surface area contributed by atoms with E-state index in [2.05, 4.69) is 57.3 Å². The highest BCUT2D eigenvalue weighted by atomic mass is 16.3. The quantitative estimate of drug-likeness (QED) is 0.778. The number of hydrogen-bond acceptors (Lipinski definition) is 3. The summed E-state index contributed by atoms with van der Waals surface area (Å²) in [6.07, 6.45) is 1.42. The van der Waals surface area contributed by atoms with Gasteiger partial charge >= 0.3 is 6.03 Å². The first-order valence-electron chi connectivity index (χ1n) is 8.24. The normalized spacial score (nSPS) is 13.7. The second-order valence-corrected chi connectivity index (χ2v) is 8.11. The Labute approximate surface area is 139 Å². The Morgan fingerprint density at radius 3 is 2.39 bits per heavy atom. The maximum Gasteiger partial charge on any atom is 0.320 e. The standard InChI is InChI=1S/C17H32N4O2/c1-12(9-8-10-22)18-15(23)19-14-11-13(16(2,3)4)20-21(14)17(5,6)7/h11-12,22H,8-10H2,1-7H3,(H2,18,19,23). The molecule has 1 heterocycles. The van der Waals surface area contributed by atoms with E-state index in [-0.39, 0.29) is 29.6 Å². The molecule has 1 rings (SSSR count). The molecule has 0 saturated heterocycles. The van der Waals surface area contributed by atoms with Crippen LogP contribution in [-0.2, 0) is 11.0 Å². The SMILES string of the molecule is CC(CCCO)NC(=O)Nc1cc(C(C)(C)C)nn1C(C)(C)C. The van der Waals surface area contributed by atoms with Crippen LogP contribution in [0.4, 0.5) is 10.6 Å². The van der Waals surface area contributed by atoms with Crippen LogP contribution in [0.25, 0.3) is 0 Å². The lowest BCUT2D eigenvalue weighted by Crippen LogP contribution is -2.37. The predicted octanol–water partition coefficient (Wildman–Crippen LogP) is 3.22. The minimum Gasteiger partial charge on any atom is -0.396 e. The predicted molar refractivity (Wildman–Crippen MR) is 93.9 cm³/mol. The van der Waals surface area contributed by atoms with E-state index in [0.29, 0.717) is 12.2 Å². The van der Waals surface area contributed by atoms with E-state index in [1.54, 1.807) is 0 Å². The Bertz CT molecular complexity index is 524.